The quantitative estimate of drug-likeness (QED) is 0.652. The number of anilines is 1. The van der Waals surface area contributed by atoms with E-state index in [9.17, 15) is 4.79 Å². The van der Waals surface area contributed by atoms with Crippen molar-refractivity contribution in [1.82, 2.24) is 4.98 Å². The molecule has 1 aliphatic rings. The number of rotatable bonds is 5. The zero-order valence-corrected chi connectivity index (χ0v) is 16.5. The maximum absolute atomic E-state index is 12.7. The van der Waals surface area contributed by atoms with Gasteiger partial charge in [-0.1, -0.05) is 24.1 Å². The molecule has 0 spiro atoms. The highest BCUT2D eigenvalue weighted by atomic mass is 16.5. The molecule has 1 aromatic heterocycles. The second-order valence-corrected chi connectivity index (χ2v) is 6.97. The van der Waals surface area contributed by atoms with Crippen molar-refractivity contribution in [3.8, 4) is 17.6 Å². The Balaban J connectivity index is 1.40. The molecule has 0 aliphatic carbocycles. The van der Waals surface area contributed by atoms with E-state index in [-0.39, 0.29) is 12.0 Å². The molecule has 2 aromatic carbocycles. The van der Waals surface area contributed by atoms with Gasteiger partial charge in [0.1, 0.15) is 18.1 Å². The van der Waals surface area contributed by atoms with Crippen LogP contribution in [0.2, 0.25) is 0 Å². The SMILES string of the molecule is O=C(Nc1cccc(C#Cc2ccccn2)c1)c1cccc(OCC2CCCO2)c1. The highest BCUT2D eigenvalue weighted by Crippen LogP contribution is 2.18. The zero-order chi connectivity index (χ0) is 20.6. The third kappa shape index (κ3) is 5.47. The number of carbonyl (C=O) groups is 1. The average Bonchev–Trinajstić information content (AvgIpc) is 3.31. The number of amides is 1. The molecule has 4 rings (SSSR count). The summed E-state index contributed by atoms with van der Waals surface area (Å²) in [6, 6.07) is 20.2. The van der Waals surface area contributed by atoms with Crippen LogP contribution >= 0.6 is 0 Å². The molecule has 0 radical (unpaired) electrons. The van der Waals surface area contributed by atoms with Gasteiger partial charge in [0, 0.05) is 29.6 Å². The van der Waals surface area contributed by atoms with E-state index in [1.54, 1.807) is 18.3 Å². The minimum absolute atomic E-state index is 0.136. The van der Waals surface area contributed by atoms with Crippen LogP contribution in [0.15, 0.2) is 72.9 Å². The summed E-state index contributed by atoms with van der Waals surface area (Å²) >= 11 is 0. The topological polar surface area (TPSA) is 60.5 Å². The van der Waals surface area contributed by atoms with Gasteiger partial charge >= 0.3 is 0 Å². The van der Waals surface area contributed by atoms with Crippen LogP contribution in [0.4, 0.5) is 5.69 Å². The molecule has 1 unspecified atom stereocenters. The summed E-state index contributed by atoms with van der Waals surface area (Å²) in [5, 5.41) is 2.92. The van der Waals surface area contributed by atoms with Gasteiger partial charge in [0.05, 0.1) is 6.10 Å². The summed E-state index contributed by atoms with van der Waals surface area (Å²) in [4.78, 5) is 16.9. The second kappa shape index (κ2) is 9.73. The lowest BCUT2D eigenvalue weighted by atomic mass is 10.1. The van der Waals surface area contributed by atoms with Crippen molar-refractivity contribution in [2.75, 3.05) is 18.5 Å². The largest absolute Gasteiger partial charge is 0.491 e. The number of ether oxygens (including phenoxy) is 2. The molecule has 1 N–H and O–H groups in total. The minimum atomic E-state index is -0.201. The molecule has 5 nitrogen and oxygen atoms in total. The fourth-order valence-electron chi connectivity index (χ4n) is 3.14. The maximum atomic E-state index is 12.7. The summed E-state index contributed by atoms with van der Waals surface area (Å²) in [5.41, 5.74) is 2.71. The number of carbonyl (C=O) groups excluding carboxylic acids is 1. The van der Waals surface area contributed by atoms with E-state index in [2.05, 4.69) is 22.1 Å². The van der Waals surface area contributed by atoms with Crippen molar-refractivity contribution in [3.63, 3.8) is 0 Å². The molecule has 5 heteroatoms. The first-order chi connectivity index (χ1) is 14.8. The zero-order valence-electron chi connectivity index (χ0n) is 16.5. The second-order valence-electron chi connectivity index (χ2n) is 6.97. The Bertz CT molecular complexity index is 1060. The fourth-order valence-corrected chi connectivity index (χ4v) is 3.14. The summed E-state index contributed by atoms with van der Waals surface area (Å²) < 4.78 is 11.4. The van der Waals surface area contributed by atoms with E-state index >= 15 is 0 Å². The van der Waals surface area contributed by atoms with Crippen molar-refractivity contribution in [2.24, 2.45) is 0 Å². The van der Waals surface area contributed by atoms with Crippen LogP contribution < -0.4 is 10.1 Å². The van der Waals surface area contributed by atoms with Crippen LogP contribution in [-0.4, -0.2) is 30.2 Å². The van der Waals surface area contributed by atoms with Crippen molar-refractivity contribution >= 4 is 11.6 Å². The van der Waals surface area contributed by atoms with Crippen LogP contribution in [0, 0.1) is 11.8 Å². The number of aromatic nitrogens is 1. The Kier molecular flexibility index (Phi) is 6.38. The van der Waals surface area contributed by atoms with Gasteiger partial charge in [-0.05, 0) is 67.3 Å². The molecule has 0 bridgehead atoms. The Morgan fingerprint density at radius 1 is 1.10 bits per heavy atom. The Hall–Kier alpha value is -3.62. The van der Waals surface area contributed by atoms with Crippen molar-refractivity contribution in [3.05, 3.63) is 89.7 Å². The number of pyridine rings is 1. The van der Waals surface area contributed by atoms with Crippen LogP contribution in [0.25, 0.3) is 0 Å². The molecule has 150 valence electrons. The maximum Gasteiger partial charge on any atom is 0.255 e. The lowest BCUT2D eigenvalue weighted by Crippen LogP contribution is -2.17. The van der Waals surface area contributed by atoms with E-state index in [1.807, 2.05) is 54.6 Å². The Morgan fingerprint density at radius 3 is 2.87 bits per heavy atom. The number of hydrogen-bond acceptors (Lipinski definition) is 4. The van der Waals surface area contributed by atoms with Gasteiger partial charge in [-0.15, -0.1) is 0 Å². The highest BCUT2D eigenvalue weighted by molar-refractivity contribution is 6.04. The summed E-state index contributed by atoms with van der Waals surface area (Å²) in [5.74, 6) is 6.55. The Labute approximate surface area is 176 Å². The van der Waals surface area contributed by atoms with E-state index in [4.69, 9.17) is 9.47 Å². The first kappa shape index (κ1) is 19.7. The van der Waals surface area contributed by atoms with Crippen molar-refractivity contribution in [1.29, 1.82) is 0 Å². The van der Waals surface area contributed by atoms with E-state index in [0.29, 0.717) is 29.3 Å². The predicted molar refractivity (Wildman–Crippen MR) is 116 cm³/mol. The number of hydrogen-bond donors (Lipinski definition) is 1. The van der Waals surface area contributed by atoms with Gasteiger partial charge in [0.2, 0.25) is 0 Å². The molecule has 3 aromatic rings. The molecular weight excluding hydrogens is 376 g/mol. The van der Waals surface area contributed by atoms with Crippen molar-refractivity contribution in [2.45, 2.75) is 18.9 Å². The van der Waals surface area contributed by atoms with Crippen LogP contribution in [-0.2, 0) is 4.74 Å². The standard InChI is InChI=1S/C25H22N2O3/c28-25(20-7-4-10-23(17-20)30-18-24-11-5-15-29-24)27-22-9-3-6-19(16-22)12-13-21-8-1-2-14-26-21/h1-4,6-10,14,16-17,24H,5,11,15,18H2,(H,27,28). The minimum Gasteiger partial charge on any atom is -0.491 e. The number of nitrogens with one attached hydrogen (secondary N) is 1. The van der Waals surface area contributed by atoms with E-state index in [1.165, 1.54) is 0 Å². The summed E-state index contributed by atoms with van der Waals surface area (Å²) in [6.07, 6.45) is 3.93. The van der Waals surface area contributed by atoms with Gasteiger partial charge < -0.3 is 14.8 Å². The monoisotopic (exact) mass is 398 g/mol. The van der Waals surface area contributed by atoms with E-state index < -0.39 is 0 Å². The molecule has 1 amide bonds. The lowest BCUT2D eigenvalue weighted by molar-refractivity contribution is 0.0679. The predicted octanol–water partition coefficient (Wildman–Crippen LogP) is 4.29. The normalized spacial score (nSPS) is 15.1. The van der Waals surface area contributed by atoms with Gasteiger partial charge in [-0.25, -0.2) is 4.98 Å². The number of nitrogens with zero attached hydrogens (tertiary/aromatic N) is 1. The van der Waals surface area contributed by atoms with E-state index in [0.717, 1.165) is 25.0 Å². The third-order valence-electron chi connectivity index (χ3n) is 4.68. The Morgan fingerprint density at radius 2 is 2.03 bits per heavy atom. The molecule has 1 atom stereocenters. The summed E-state index contributed by atoms with van der Waals surface area (Å²) in [6.45, 7) is 1.30. The number of benzene rings is 2. The molecule has 1 aliphatic heterocycles. The smallest absolute Gasteiger partial charge is 0.255 e. The molecule has 1 fully saturated rings. The van der Waals surface area contributed by atoms with Gasteiger partial charge in [-0.3, -0.25) is 4.79 Å². The average molecular weight is 398 g/mol. The van der Waals surface area contributed by atoms with Gasteiger partial charge in [0.15, 0.2) is 0 Å². The van der Waals surface area contributed by atoms with Gasteiger partial charge in [-0.2, -0.15) is 0 Å². The first-order valence-corrected chi connectivity index (χ1v) is 9.95. The van der Waals surface area contributed by atoms with Crippen LogP contribution in [0.3, 0.4) is 0 Å². The van der Waals surface area contributed by atoms with Crippen molar-refractivity contribution < 1.29 is 14.3 Å². The summed E-state index contributed by atoms with van der Waals surface area (Å²) in [7, 11) is 0. The van der Waals surface area contributed by atoms with Crippen LogP contribution in [0.1, 0.15) is 34.5 Å². The van der Waals surface area contributed by atoms with Gasteiger partial charge in [0.25, 0.3) is 5.91 Å². The highest BCUT2D eigenvalue weighted by Gasteiger charge is 2.16. The molecule has 30 heavy (non-hydrogen) atoms. The first-order valence-electron chi connectivity index (χ1n) is 9.95. The van der Waals surface area contributed by atoms with Crippen LogP contribution in [0.5, 0.6) is 5.75 Å². The lowest BCUT2D eigenvalue weighted by Gasteiger charge is -2.12. The molecule has 2 heterocycles. The fraction of sp³-hybridized carbons (Fsp3) is 0.200. The molecular formula is C25H22N2O3. The molecule has 0 saturated carbocycles. The third-order valence-corrected chi connectivity index (χ3v) is 4.68. The molecule has 1 saturated heterocycles.